The van der Waals surface area contributed by atoms with Crippen LogP contribution >= 0.6 is 11.3 Å². The molecule has 0 radical (unpaired) electrons. The van der Waals surface area contributed by atoms with Gasteiger partial charge in [0.2, 0.25) is 0 Å². The predicted molar refractivity (Wildman–Crippen MR) is 78.7 cm³/mol. The van der Waals surface area contributed by atoms with Crippen molar-refractivity contribution in [1.29, 1.82) is 0 Å². The van der Waals surface area contributed by atoms with E-state index >= 15 is 0 Å². The molecule has 1 atom stereocenters. The first-order valence-electron chi connectivity index (χ1n) is 6.95. The highest BCUT2D eigenvalue weighted by Crippen LogP contribution is 2.16. The van der Waals surface area contributed by atoms with Crippen LogP contribution in [-0.2, 0) is 24.4 Å². The van der Waals surface area contributed by atoms with Gasteiger partial charge in [-0.25, -0.2) is 4.68 Å². The topological polar surface area (TPSA) is 52.0 Å². The lowest BCUT2D eigenvalue weighted by molar-refractivity contribution is 0.0936. The zero-order valence-electron chi connectivity index (χ0n) is 11.9. The standard InChI is InChI=1S/C14H20N4OS/c1-10-3-4-13(20-10)6-15-5-12-7-18-14(9-19-8-12)11(2)16-17-18/h3-4,12,15H,5-9H2,1-2H3/t12-/m0/s1. The summed E-state index contributed by atoms with van der Waals surface area (Å²) in [6, 6.07) is 4.36. The molecule has 0 fully saturated rings. The van der Waals surface area contributed by atoms with Crippen LogP contribution in [-0.4, -0.2) is 28.1 Å². The van der Waals surface area contributed by atoms with Gasteiger partial charge in [-0.3, -0.25) is 0 Å². The molecule has 3 rings (SSSR count). The molecule has 1 N–H and O–H groups in total. The first-order valence-corrected chi connectivity index (χ1v) is 7.77. The highest BCUT2D eigenvalue weighted by molar-refractivity contribution is 7.11. The van der Waals surface area contributed by atoms with Gasteiger partial charge in [0.15, 0.2) is 0 Å². The average molecular weight is 292 g/mol. The van der Waals surface area contributed by atoms with Crippen LogP contribution < -0.4 is 5.32 Å². The third-order valence-electron chi connectivity index (χ3n) is 3.58. The Hall–Kier alpha value is -1.24. The minimum absolute atomic E-state index is 0.443. The van der Waals surface area contributed by atoms with Crippen LogP contribution in [0.25, 0.3) is 0 Å². The molecule has 2 aromatic rings. The second kappa shape index (κ2) is 6.03. The summed E-state index contributed by atoms with van der Waals surface area (Å²) in [5.41, 5.74) is 2.09. The maximum absolute atomic E-state index is 5.74. The molecule has 0 unspecified atom stereocenters. The lowest BCUT2D eigenvalue weighted by Crippen LogP contribution is -2.28. The Kier molecular flexibility index (Phi) is 4.14. The molecule has 108 valence electrons. The third-order valence-corrected chi connectivity index (χ3v) is 4.58. The second-order valence-corrected chi connectivity index (χ2v) is 6.70. The normalized spacial score (nSPS) is 18.8. The molecule has 0 bridgehead atoms. The molecule has 0 amide bonds. The number of rotatable bonds is 4. The van der Waals surface area contributed by atoms with Gasteiger partial charge in [-0.15, -0.1) is 16.4 Å². The van der Waals surface area contributed by atoms with Crippen LogP contribution in [0.3, 0.4) is 0 Å². The first-order chi connectivity index (χ1) is 9.72. The van der Waals surface area contributed by atoms with E-state index in [4.69, 9.17) is 4.74 Å². The summed E-state index contributed by atoms with van der Waals surface area (Å²) in [7, 11) is 0. The number of aryl methyl sites for hydroxylation is 2. The highest BCUT2D eigenvalue weighted by atomic mass is 32.1. The van der Waals surface area contributed by atoms with Gasteiger partial charge >= 0.3 is 0 Å². The Balaban J connectivity index is 1.53. The molecule has 1 aliphatic rings. The van der Waals surface area contributed by atoms with Gasteiger partial charge in [-0.1, -0.05) is 5.21 Å². The van der Waals surface area contributed by atoms with Crippen LogP contribution in [0.4, 0.5) is 0 Å². The lowest BCUT2D eigenvalue weighted by Gasteiger charge is -2.14. The third kappa shape index (κ3) is 3.08. The Morgan fingerprint density at radius 2 is 2.35 bits per heavy atom. The number of thiophene rings is 1. The molecule has 2 aromatic heterocycles. The van der Waals surface area contributed by atoms with Crippen molar-refractivity contribution < 1.29 is 4.74 Å². The van der Waals surface area contributed by atoms with E-state index in [9.17, 15) is 0 Å². The molecule has 20 heavy (non-hydrogen) atoms. The van der Waals surface area contributed by atoms with Crippen LogP contribution in [0.2, 0.25) is 0 Å². The molecule has 3 heterocycles. The van der Waals surface area contributed by atoms with Crippen molar-refractivity contribution in [3.8, 4) is 0 Å². The number of nitrogens with one attached hydrogen (secondary N) is 1. The van der Waals surface area contributed by atoms with E-state index in [-0.39, 0.29) is 0 Å². The summed E-state index contributed by atoms with van der Waals surface area (Å²) in [4.78, 5) is 2.75. The molecule has 0 aromatic carbocycles. The smallest absolute Gasteiger partial charge is 0.0904 e. The number of hydrogen-bond donors (Lipinski definition) is 1. The zero-order valence-corrected chi connectivity index (χ0v) is 12.7. The minimum atomic E-state index is 0.443. The van der Waals surface area contributed by atoms with E-state index in [1.807, 2.05) is 22.9 Å². The van der Waals surface area contributed by atoms with E-state index in [2.05, 4.69) is 34.7 Å². The number of aromatic nitrogens is 3. The average Bonchev–Trinajstić information content (AvgIpc) is 2.91. The molecule has 1 aliphatic heterocycles. The second-order valence-electron chi connectivity index (χ2n) is 5.33. The molecule has 0 saturated carbocycles. The van der Waals surface area contributed by atoms with Crippen molar-refractivity contribution in [2.24, 2.45) is 5.92 Å². The molecular weight excluding hydrogens is 272 g/mol. The fraction of sp³-hybridized carbons (Fsp3) is 0.571. The van der Waals surface area contributed by atoms with Gasteiger partial charge in [0.1, 0.15) is 0 Å². The molecule has 0 saturated heterocycles. The largest absolute Gasteiger partial charge is 0.375 e. The van der Waals surface area contributed by atoms with E-state index in [1.54, 1.807) is 0 Å². The fourth-order valence-corrected chi connectivity index (χ4v) is 3.33. The van der Waals surface area contributed by atoms with Crippen molar-refractivity contribution in [3.05, 3.63) is 33.3 Å². The summed E-state index contributed by atoms with van der Waals surface area (Å²) in [5.74, 6) is 0.443. The summed E-state index contributed by atoms with van der Waals surface area (Å²) < 4.78 is 7.73. The lowest BCUT2D eigenvalue weighted by atomic mass is 10.1. The molecule has 0 aliphatic carbocycles. The monoisotopic (exact) mass is 292 g/mol. The molecule has 0 spiro atoms. The molecule has 6 heteroatoms. The van der Waals surface area contributed by atoms with Crippen molar-refractivity contribution in [2.75, 3.05) is 13.2 Å². The number of hydrogen-bond acceptors (Lipinski definition) is 5. The van der Waals surface area contributed by atoms with Crippen molar-refractivity contribution in [3.63, 3.8) is 0 Å². The number of ether oxygens (including phenoxy) is 1. The highest BCUT2D eigenvalue weighted by Gasteiger charge is 2.19. The van der Waals surface area contributed by atoms with E-state index in [0.29, 0.717) is 12.5 Å². The van der Waals surface area contributed by atoms with Crippen LogP contribution in [0.15, 0.2) is 12.1 Å². The van der Waals surface area contributed by atoms with Crippen LogP contribution in [0.5, 0.6) is 0 Å². The predicted octanol–water partition coefficient (Wildman–Crippen LogP) is 1.89. The minimum Gasteiger partial charge on any atom is -0.375 e. The summed E-state index contributed by atoms with van der Waals surface area (Å²) >= 11 is 1.85. The van der Waals surface area contributed by atoms with E-state index in [1.165, 1.54) is 9.75 Å². The first kappa shape index (κ1) is 13.7. The van der Waals surface area contributed by atoms with Gasteiger partial charge < -0.3 is 10.1 Å². The van der Waals surface area contributed by atoms with Crippen molar-refractivity contribution in [1.82, 2.24) is 20.3 Å². The Morgan fingerprint density at radius 3 is 3.15 bits per heavy atom. The Morgan fingerprint density at radius 1 is 1.45 bits per heavy atom. The Labute approximate surface area is 123 Å². The van der Waals surface area contributed by atoms with Gasteiger partial charge in [-0.05, 0) is 26.0 Å². The number of nitrogens with zero attached hydrogens (tertiary/aromatic N) is 3. The van der Waals surface area contributed by atoms with Gasteiger partial charge in [0.25, 0.3) is 0 Å². The number of fused-ring (bicyclic) bond motifs is 1. The zero-order chi connectivity index (χ0) is 13.9. The maximum Gasteiger partial charge on any atom is 0.0904 e. The van der Waals surface area contributed by atoms with Gasteiger partial charge in [0.05, 0.1) is 24.6 Å². The molecular formula is C14H20N4OS. The van der Waals surface area contributed by atoms with Gasteiger partial charge in [0, 0.05) is 35.3 Å². The SMILES string of the molecule is Cc1ccc(CNC[C@@H]2COCc3c(C)nnn3C2)s1. The van der Waals surface area contributed by atoms with E-state index < -0.39 is 0 Å². The summed E-state index contributed by atoms with van der Waals surface area (Å²) in [6.07, 6.45) is 0. The Bertz CT molecular complexity index is 577. The quantitative estimate of drug-likeness (QED) is 0.935. The van der Waals surface area contributed by atoms with Crippen molar-refractivity contribution in [2.45, 2.75) is 33.5 Å². The van der Waals surface area contributed by atoms with Crippen LogP contribution in [0.1, 0.15) is 21.1 Å². The fourth-order valence-electron chi connectivity index (χ4n) is 2.47. The molecule has 5 nitrogen and oxygen atoms in total. The maximum atomic E-state index is 5.74. The summed E-state index contributed by atoms with van der Waals surface area (Å²) in [6.45, 7) is 8.28. The van der Waals surface area contributed by atoms with Crippen LogP contribution in [0, 0.1) is 19.8 Å². The van der Waals surface area contributed by atoms with Gasteiger partial charge in [-0.2, -0.15) is 0 Å². The van der Waals surface area contributed by atoms with E-state index in [0.717, 1.165) is 37.6 Å². The van der Waals surface area contributed by atoms with Crippen molar-refractivity contribution >= 4 is 11.3 Å². The summed E-state index contributed by atoms with van der Waals surface area (Å²) in [5, 5.41) is 11.8.